The van der Waals surface area contributed by atoms with Crippen LogP contribution in [-0.4, -0.2) is 18.1 Å². The molecule has 0 unspecified atom stereocenters. The van der Waals surface area contributed by atoms with E-state index in [0.29, 0.717) is 5.89 Å². The van der Waals surface area contributed by atoms with Crippen molar-refractivity contribution in [2.75, 3.05) is 7.11 Å². The van der Waals surface area contributed by atoms with Crippen molar-refractivity contribution >= 4 is 11.1 Å². The highest BCUT2D eigenvalue weighted by molar-refractivity contribution is 5.75. The van der Waals surface area contributed by atoms with Crippen LogP contribution in [0.2, 0.25) is 0 Å². The van der Waals surface area contributed by atoms with E-state index in [4.69, 9.17) is 14.9 Å². The fourth-order valence-corrected chi connectivity index (χ4v) is 3.79. The summed E-state index contributed by atoms with van der Waals surface area (Å²) in [4.78, 5) is 4.55. The molecule has 1 aliphatic rings. The molecule has 124 valence electrons. The van der Waals surface area contributed by atoms with Crippen molar-refractivity contribution < 1.29 is 9.15 Å². The number of ether oxygens (including phenoxy) is 1. The number of aromatic nitrogens is 1. The third-order valence-corrected chi connectivity index (χ3v) is 5.19. The van der Waals surface area contributed by atoms with Crippen molar-refractivity contribution in [2.24, 2.45) is 5.73 Å². The molecule has 2 aromatic carbocycles. The van der Waals surface area contributed by atoms with Crippen molar-refractivity contribution in [3.05, 3.63) is 54.1 Å². The minimum atomic E-state index is -0.377. The summed E-state index contributed by atoms with van der Waals surface area (Å²) in [6.07, 6.45) is 4.29. The predicted octanol–water partition coefficient (Wildman–Crippen LogP) is 4.24. The van der Waals surface area contributed by atoms with E-state index in [2.05, 4.69) is 17.1 Å². The highest BCUT2D eigenvalue weighted by Crippen LogP contribution is 2.40. The molecular weight excluding hydrogens is 300 g/mol. The molecule has 4 rings (SSSR count). The van der Waals surface area contributed by atoms with E-state index in [1.807, 2.05) is 36.4 Å². The summed E-state index contributed by atoms with van der Waals surface area (Å²) in [5.74, 6) is 0.641. The Morgan fingerprint density at radius 1 is 1.12 bits per heavy atom. The molecule has 0 spiro atoms. The van der Waals surface area contributed by atoms with Gasteiger partial charge in [-0.3, -0.25) is 0 Å². The molecule has 2 atom stereocenters. The highest BCUT2D eigenvalue weighted by Gasteiger charge is 2.40. The number of nitrogens with two attached hydrogens (primary N) is 1. The van der Waals surface area contributed by atoms with Gasteiger partial charge in [0.1, 0.15) is 11.1 Å². The lowest BCUT2D eigenvalue weighted by Gasteiger charge is -2.41. The monoisotopic (exact) mass is 322 g/mol. The summed E-state index contributed by atoms with van der Waals surface area (Å²) in [6.45, 7) is 0. The standard InChI is InChI=1S/C20H22N2O2/c1-23-20(13-5-4-8-18(20)21)15-11-9-14(10-12-15)19-22-16-6-2-3-7-17(16)24-19/h2-3,6-7,9-12,18H,4-5,8,13,21H2,1H3/t18-,20-/m0/s1. The topological polar surface area (TPSA) is 61.3 Å². The number of oxazole rings is 1. The molecule has 1 fully saturated rings. The smallest absolute Gasteiger partial charge is 0.227 e. The Morgan fingerprint density at radius 3 is 2.62 bits per heavy atom. The second-order valence-electron chi connectivity index (χ2n) is 6.51. The van der Waals surface area contributed by atoms with Crippen LogP contribution < -0.4 is 5.73 Å². The molecule has 0 amide bonds. The molecule has 4 heteroatoms. The number of hydrogen-bond acceptors (Lipinski definition) is 4. The van der Waals surface area contributed by atoms with Crippen molar-refractivity contribution in [1.29, 1.82) is 0 Å². The molecule has 0 bridgehead atoms. The van der Waals surface area contributed by atoms with Gasteiger partial charge >= 0.3 is 0 Å². The fraction of sp³-hybridized carbons (Fsp3) is 0.350. The minimum absolute atomic E-state index is 0.0337. The highest BCUT2D eigenvalue weighted by atomic mass is 16.5. The SMILES string of the molecule is CO[C@]1(c2ccc(-c3nc4ccccc4o3)cc2)CCCC[C@@H]1N. The molecule has 0 radical (unpaired) electrons. The third kappa shape index (κ3) is 2.43. The zero-order chi connectivity index (χ0) is 16.6. The van der Waals surface area contributed by atoms with Gasteiger partial charge in [-0.05, 0) is 42.7 Å². The first kappa shape index (κ1) is 15.4. The van der Waals surface area contributed by atoms with Gasteiger partial charge in [-0.2, -0.15) is 0 Å². The number of para-hydroxylation sites is 2. The largest absolute Gasteiger partial charge is 0.436 e. The first-order valence-corrected chi connectivity index (χ1v) is 8.50. The third-order valence-electron chi connectivity index (χ3n) is 5.19. The maximum absolute atomic E-state index is 6.40. The van der Waals surface area contributed by atoms with Gasteiger partial charge in [0.2, 0.25) is 5.89 Å². The van der Waals surface area contributed by atoms with E-state index in [1.54, 1.807) is 7.11 Å². The molecule has 1 saturated carbocycles. The van der Waals surface area contributed by atoms with Crippen LogP contribution in [0.15, 0.2) is 52.9 Å². The van der Waals surface area contributed by atoms with Crippen LogP contribution in [0.25, 0.3) is 22.6 Å². The van der Waals surface area contributed by atoms with Gasteiger partial charge in [-0.1, -0.05) is 37.1 Å². The van der Waals surface area contributed by atoms with E-state index >= 15 is 0 Å². The lowest BCUT2D eigenvalue weighted by Crippen LogP contribution is -2.49. The summed E-state index contributed by atoms with van der Waals surface area (Å²) < 4.78 is 11.8. The van der Waals surface area contributed by atoms with Gasteiger partial charge in [0, 0.05) is 18.7 Å². The molecule has 0 saturated heterocycles. The Kier molecular flexibility index (Phi) is 3.87. The molecule has 3 aromatic rings. The van der Waals surface area contributed by atoms with Crippen LogP contribution in [0.5, 0.6) is 0 Å². The van der Waals surface area contributed by atoms with Gasteiger partial charge in [0.05, 0.1) is 0 Å². The van der Waals surface area contributed by atoms with Crippen molar-refractivity contribution in [3.63, 3.8) is 0 Å². The van der Waals surface area contributed by atoms with Crippen LogP contribution in [0.3, 0.4) is 0 Å². The second kappa shape index (κ2) is 6.04. The van der Waals surface area contributed by atoms with Gasteiger partial charge < -0.3 is 14.9 Å². The Morgan fingerprint density at radius 2 is 1.92 bits per heavy atom. The van der Waals surface area contributed by atoms with Gasteiger partial charge in [0.15, 0.2) is 5.58 Å². The summed E-state index contributed by atoms with van der Waals surface area (Å²) in [5.41, 5.74) is 9.80. The van der Waals surface area contributed by atoms with Gasteiger partial charge in [0.25, 0.3) is 0 Å². The summed E-state index contributed by atoms with van der Waals surface area (Å²) >= 11 is 0. The lowest BCUT2D eigenvalue weighted by molar-refractivity contribution is -0.0597. The quantitative estimate of drug-likeness (QED) is 0.783. The average molecular weight is 322 g/mol. The maximum atomic E-state index is 6.40. The Hall–Kier alpha value is -2.17. The predicted molar refractivity (Wildman–Crippen MR) is 94.6 cm³/mol. The van der Waals surface area contributed by atoms with Crippen molar-refractivity contribution in [3.8, 4) is 11.5 Å². The van der Waals surface area contributed by atoms with E-state index in [1.165, 1.54) is 6.42 Å². The molecule has 4 nitrogen and oxygen atoms in total. The van der Waals surface area contributed by atoms with E-state index in [9.17, 15) is 0 Å². The van der Waals surface area contributed by atoms with Crippen molar-refractivity contribution in [2.45, 2.75) is 37.3 Å². The van der Waals surface area contributed by atoms with Gasteiger partial charge in [-0.15, -0.1) is 0 Å². The minimum Gasteiger partial charge on any atom is -0.436 e. The first-order chi connectivity index (χ1) is 11.7. The number of fused-ring (bicyclic) bond motifs is 1. The van der Waals surface area contributed by atoms with Crippen LogP contribution in [0.1, 0.15) is 31.2 Å². The zero-order valence-electron chi connectivity index (χ0n) is 13.9. The molecule has 24 heavy (non-hydrogen) atoms. The zero-order valence-corrected chi connectivity index (χ0v) is 13.9. The van der Waals surface area contributed by atoms with E-state index in [0.717, 1.165) is 41.5 Å². The lowest BCUT2D eigenvalue weighted by atomic mass is 9.76. The molecule has 1 heterocycles. The fourth-order valence-electron chi connectivity index (χ4n) is 3.79. The number of benzene rings is 2. The second-order valence-corrected chi connectivity index (χ2v) is 6.51. The molecule has 2 N–H and O–H groups in total. The summed E-state index contributed by atoms with van der Waals surface area (Å²) in [7, 11) is 1.76. The molecule has 1 aromatic heterocycles. The van der Waals surface area contributed by atoms with Gasteiger partial charge in [-0.25, -0.2) is 4.98 Å². The van der Waals surface area contributed by atoms with Crippen LogP contribution in [0.4, 0.5) is 0 Å². The Bertz CT molecular complexity index is 807. The van der Waals surface area contributed by atoms with Crippen LogP contribution in [-0.2, 0) is 10.3 Å². The molecular formula is C20H22N2O2. The van der Waals surface area contributed by atoms with E-state index in [-0.39, 0.29) is 11.6 Å². The van der Waals surface area contributed by atoms with E-state index < -0.39 is 0 Å². The number of hydrogen-bond donors (Lipinski definition) is 1. The number of rotatable bonds is 3. The Labute approximate surface area is 141 Å². The summed E-state index contributed by atoms with van der Waals surface area (Å²) in [5, 5.41) is 0. The van der Waals surface area contributed by atoms with Crippen LogP contribution >= 0.6 is 0 Å². The Balaban J connectivity index is 1.69. The number of nitrogens with zero attached hydrogens (tertiary/aromatic N) is 1. The summed E-state index contributed by atoms with van der Waals surface area (Å²) in [6, 6.07) is 16.1. The van der Waals surface area contributed by atoms with Crippen LogP contribution in [0, 0.1) is 0 Å². The first-order valence-electron chi connectivity index (χ1n) is 8.50. The maximum Gasteiger partial charge on any atom is 0.227 e. The molecule has 1 aliphatic carbocycles. The normalized spacial score (nSPS) is 24.3. The molecule has 0 aliphatic heterocycles. The average Bonchev–Trinajstić information content (AvgIpc) is 3.07. The van der Waals surface area contributed by atoms with Crippen molar-refractivity contribution in [1.82, 2.24) is 4.98 Å². The number of methoxy groups -OCH3 is 1.